The van der Waals surface area contributed by atoms with Crippen LogP contribution in [-0.4, -0.2) is 66.7 Å². The second kappa shape index (κ2) is 18.4. The first-order valence-electron chi connectivity index (χ1n) is 14.5. The molecule has 1 fully saturated rings. The van der Waals surface area contributed by atoms with E-state index in [0.717, 1.165) is 37.0 Å². The van der Waals surface area contributed by atoms with E-state index in [0.29, 0.717) is 43.5 Å². The van der Waals surface area contributed by atoms with Crippen molar-refractivity contribution in [2.24, 2.45) is 16.2 Å². The molecule has 0 spiro atoms. The average Bonchev–Trinajstić information content (AvgIpc) is 3.48. The predicted molar refractivity (Wildman–Crippen MR) is 160 cm³/mol. The third-order valence-electron chi connectivity index (χ3n) is 7.18. The summed E-state index contributed by atoms with van der Waals surface area (Å²) in [4.78, 5) is 23.0. The van der Waals surface area contributed by atoms with Gasteiger partial charge in [0, 0.05) is 26.0 Å². The SMILES string of the molecule is CCCCC[C@H](O)CC[C@@H]1[C@@H](C/C=C\CCCC(=O)OCCC=NS(=O)(=O)c2ccc(NC(C)=O)s2)[C@@H](O)C[C@H]1O. The summed E-state index contributed by atoms with van der Waals surface area (Å²) in [5.41, 5.74) is 0. The van der Waals surface area contributed by atoms with Gasteiger partial charge in [0.15, 0.2) is 0 Å². The molecule has 1 amide bonds. The van der Waals surface area contributed by atoms with Gasteiger partial charge in [0.25, 0.3) is 10.0 Å². The topological polar surface area (TPSA) is 163 Å². The summed E-state index contributed by atoms with van der Waals surface area (Å²) < 4.78 is 33.2. The molecular formula is C29H46N2O8S2. The number of aliphatic hydroxyl groups excluding tert-OH is 3. The van der Waals surface area contributed by atoms with Crippen LogP contribution in [0.25, 0.3) is 0 Å². The molecule has 41 heavy (non-hydrogen) atoms. The Labute approximate surface area is 248 Å². The Balaban J connectivity index is 1.62. The summed E-state index contributed by atoms with van der Waals surface area (Å²) >= 11 is 0.907. The van der Waals surface area contributed by atoms with Gasteiger partial charge in [0.1, 0.15) is 4.21 Å². The lowest BCUT2D eigenvalue weighted by atomic mass is 9.85. The fourth-order valence-electron chi connectivity index (χ4n) is 5.00. The summed E-state index contributed by atoms with van der Waals surface area (Å²) in [5.74, 6) is -0.745. The summed E-state index contributed by atoms with van der Waals surface area (Å²) in [7, 11) is -3.88. The summed E-state index contributed by atoms with van der Waals surface area (Å²) in [6.45, 7) is 3.48. The number of unbranched alkanes of at least 4 members (excludes halogenated alkanes) is 3. The first kappa shape index (κ1) is 35.1. The maximum absolute atomic E-state index is 12.2. The lowest BCUT2D eigenvalue weighted by molar-refractivity contribution is -0.143. The number of carbonyl (C=O) groups is 2. The molecule has 232 valence electrons. The molecule has 1 aromatic rings. The molecule has 10 nitrogen and oxygen atoms in total. The maximum Gasteiger partial charge on any atom is 0.305 e. The van der Waals surface area contributed by atoms with E-state index >= 15 is 0 Å². The quantitative estimate of drug-likeness (QED) is 0.0761. The van der Waals surface area contributed by atoms with Crippen molar-refractivity contribution in [2.75, 3.05) is 11.9 Å². The Kier molecular flexibility index (Phi) is 15.8. The minimum absolute atomic E-state index is 0.00768. The number of esters is 1. The summed E-state index contributed by atoms with van der Waals surface area (Å²) in [6.07, 6.45) is 11.7. The molecule has 0 radical (unpaired) electrons. The molecule has 1 aliphatic carbocycles. The fraction of sp³-hybridized carbons (Fsp3) is 0.690. The van der Waals surface area contributed by atoms with Crippen molar-refractivity contribution in [3.8, 4) is 0 Å². The third-order valence-corrected chi connectivity index (χ3v) is 9.93. The molecular weight excluding hydrogens is 568 g/mol. The number of rotatable bonds is 19. The molecule has 2 rings (SSSR count). The highest BCUT2D eigenvalue weighted by Gasteiger charge is 2.40. The van der Waals surface area contributed by atoms with E-state index < -0.39 is 22.2 Å². The van der Waals surface area contributed by atoms with Gasteiger partial charge < -0.3 is 25.4 Å². The van der Waals surface area contributed by atoms with Crippen LogP contribution in [0.1, 0.15) is 90.9 Å². The van der Waals surface area contributed by atoms with Crippen LogP contribution in [0, 0.1) is 11.8 Å². The van der Waals surface area contributed by atoms with E-state index in [-0.39, 0.29) is 53.5 Å². The average molecular weight is 615 g/mol. The normalized spacial score (nSPS) is 22.0. The summed E-state index contributed by atoms with van der Waals surface area (Å²) in [6, 6.07) is 2.87. The van der Waals surface area contributed by atoms with Crippen LogP contribution in [0.15, 0.2) is 32.9 Å². The molecule has 5 atom stereocenters. The Morgan fingerprint density at radius 3 is 2.61 bits per heavy atom. The van der Waals surface area contributed by atoms with Crippen molar-refractivity contribution in [1.82, 2.24) is 0 Å². The second-order valence-electron chi connectivity index (χ2n) is 10.6. The third kappa shape index (κ3) is 13.2. The van der Waals surface area contributed by atoms with Crippen molar-refractivity contribution >= 4 is 44.5 Å². The highest BCUT2D eigenvalue weighted by Crippen LogP contribution is 2.38. The van der Waals surface area contributed by atoms with Gasteiger partial charge in [-0.25, -0.2) is 0 Å². The minimum Gasteiger partial charge on any atom is -0.465 e. The standard InChI is InChI=1S/C29H46N2O8S2/c1-3-4-7-11-22(33)14-15-24-23(25(34)20-26(24)35)12-8-5-6-9-13-28(36)39-19-10-18-30-41(37,38)29-17-16-27(40-29)31-21(2)32/h5,8,16-18,22-26,33-35H,3-4,6-7,9-15,19-20H2,1-2H3,(H,31,32)/b8-5-,30-18?/t22-,23+,24+,25-,26+/m0/s1. The largest absolute Gasteiger partial charge is 0.465 e. The molecule has 0 aromatic carbocycles. The van der Waals surface area contributed by atoms with Crippen LogP contribution in [0.5, 0.6) is 0 Å². The number of hydrogen-bond donors (Lipinski definition) is 4. The second-order valence-corrected chi connectivity index (χ2v) is 13.5. The van der Waals surface area contributed by atoms with Crippen molar-refractivity contribution in [2.45, 2.75) is 113 Å². The van der Waals surface area contributed by atoms with Crippen molar-refractivity contribution in [1.29, 1.82) is 0 Å². The zero-order valence-electron chi connectivity index (χ0n) is 24.1. The first-order valence-corrected chi connectivity index (χ1v) is 16.8. The number of nitrogens with one attached hydrogen (secondary N) is 1. The highest BCUT2D eigenvalue weighted by molar-refractivity contribution is 7.92. The first-order chi connectivity index (χ1) is 19.5. The zero-order chi connectivity index (χ0) is 30.3. The lowest BCUT2D eigenvalue weighted by Crippen LogP contribution is -2.23. The number of allylic oxidation sites excluding steroid dienone is 2. The number of thiophene rings is 1. The van der Waals surface area contributed by atoms with Crippen LogP contribution in [0.2, 0.25) is 0 Å². The van der Waals surface area contributed by atoms with Gasteiger partial charge in [-0.2, -0.15) is 12.8 Å². The minimum atomic E-state index is -3.88. The van der Waals surface area contributed by atoms with Crippen LogP contribution in [0.3, 0.4) is 0 Å². The van der Waals surface area contributed by atoms with E-state index in [2.05, 4.69) is 16.6 Å². The van der Waals surface area contributed by atoms with Gasteiger partial charge in [-0.1, -0.05) is 38.3 Å². The number of hydrogen-bond acceptors (Lipinski definition) is 9. The molecule has 1 saturated carbocycles. The van der Waals surface area contributed by atoms with Crippen molar-refractivity contribution in [3.05, 3.63) is 24.3 Å². The molecule has 0 aliphatic heterocycles. The Morgan fingerprint density at radius 2 is 1.88 bits per heavy atom. The van der Waals surface area contributed by atoms with Crippen molar-refractivity contribution < 1.29 is 38.1 Å². The number of ether oxygens (including phenoxy) is 1. The zero-order valence-corrected chi connectivity index (χ0v) is 25.7. The van der Waals surface area contributed by atoms with Crippen molar-refractivity contribution in [3.63, 3.8) is 0 Å². The van der Waals surface area contributed by atoms with Crippen LogP contribution in [0.4, 0.5) is 5.00 Å². The number of sulfonamides is 1. The molecule has 0 saturated heterocycles. The van der Waals surface area contributed by atoms with Gasteiger partial charge >= 0.3 is 5.97 Å². The van der Waals surface area contributed by atoms with Crippen LogP contribution in [-0.2, 0) is 24.3 Å². The number of aliphatic hydroxyl groups is 3. The van der Waals surface area contributed by atoms with Crippen LogP contribution < -0.4 is 5.32 Å². The number of anilines is 1. The Morgan fingerprint density at radius 1 is 1.12 bits per heavy atom. The molecule has 0 unspecified atom stereocenters. The Hall–Kier alpha value is -2.12. The van der Waals surface area contributed by atoms with Crippen LogP contribution >= 0.6 is 11.3 Å². The highest BCUT2D eigenvalue weighted by atomic mass is 32.2. The van der Waals surface area contributed by atoms with Gasteiger partial charge in [-0.15, -0.1) is 11.3 Å². The van der Waals surface area contributed by atoms with Gasteiger partial charge in [-0.05, 0) is 68.9 Å². The molecule has 1 heterocycles. The Bertz CT molecular complexity index is 1100. The smallest absolute Gasteiger partial charge is 0.305 e. The monoisotopic (exact) mass is 614 g/mol. The molecule has 4 N–H and O–H groups in total. The van der Waals surface area contributed by atoms with E-state index in [1.54, 1.807) is 0 Å². The van der Waals surface area contributed by atoms with E-state index in [4.69, 9.17) is 4.74 Å². The number of carbonyl (C=O) groups excluding carboxylic acids is 2. The predicted octanol–water partition coefficient (Wildman–Crippen LogP) is 4.60. The van der Waals surface area contributed by atoms with Gasteiger partial charge in [0.2, 0.25) is 5.91 Å². The summed E-state index contributed by atoms with van der Waals surface area (Å²) in [5, 5.41) is 34.0. The van der Waals surface area contributed by atoms with Gasteiger partial charge in [0.05, 0.1) is 29.9 Å². The lowest BCUT2D eigenvalue weighted by Gasteiger charge is -2.23. The van der Waals surface area contributed by atoms with E-state index in [9.17, 15) is 33.3 Å². The number of amides is 1. The van der Waals surface area contributed by atoms with E-state index in [1.807, 2.05) is 12.2 Å². The molecule has 12 heteroatoms. The molecule has 1 aliphatic rings. The molecule has 0 bridgehead atoms. The van der Waals surface area contributed by atoms with E-state index in [1.165, 1.54) is 25.3 Å². The van der Waals surface area contributed by atoms with Gasteiger partial charge in [-0.3, -0.25) is 9.59 Å². The maximum atomic E-state index is 12.2. The fourth-order valence-corrected chi connectivity index (χ4v) is 7.15. The molecule has 1 aromatic heterocycles. The number of nitrogens with zero attached hydrogens (tertiary/aromatic N) is 1.